The number of para-hydroxylation sites is 3. The van der Waals surface area contributed by atoms with E-state index < -0.39 is 17.8 Å². The van der Waals surface area contributed by atoms with Crippen LogP contribution in [0.1, 0.15) is 17.3 Å². The van der Waals surface area contributed by atoms with E-state index in [9.17, 15) is 14.4 Å². The van der Waals surface area contributed by atoms with Gasteiger partial charge in [0, 0.05) is 18.6 Å². The number of aromatic nitrogens is 2. The van der Waals surface area contributed by atoms with E-state index in [0.717, 1.165) is 0 Å². The third kappa shape index (κ3) is 4.97. The number of hydrogen-bond acceptors (Lipinski definition) is 4. The molecule has 0 saturated heterocycles. The summed E-state index contributed by atoms with van der Waals surface area (Å²) < 4.78 is 8.51. The van der Waals surface area contributed by atoms with E-state index in [1.807, 2.05) is 0 Å². The summed E-state index contributed by atoms with van der Waals surface area (Å²) in [6, 6.07) is 14.6. The van der Waals surface area contributed by atoms with Crippen LogP contribution in [0.5, 0.6) is 5.75 Å². The van der Waals surface area contributed by atoms with Gasteiger partial charge < -0.3 is 10.1 Å². The predicted octanol–water partition coefficient (Wildman–Crippen LogP) is 5.91. The van der Waals surface area contributed by atoms with Gasteiger partial charge in [0.25, 0.3) is 5.91 Å². The van der Waals surface area contributed by atoms with Crippen LogP contribution in [0, 0.1) is 5.92 Å². The van der Waals surface area contributed by atoms with Crippen molar-refractivity contribution in [3.8, 4) is 11.4 Å². The molecule has 1 aromatic heterocycles. The second kappa shape index (κ2) is 10.6. The molecule has 0 bridgehead atoms. The summed E-state index contributed by atoms with van der Waals surface area (Å²) in [7, 11) is 1.63. The van der Waals surface area contributed by atoms with Gasteiger partial charge in [0.05, 0.1) is 43.3 Å². The van der Waals surface area contributed by atoms with Crippen molar-refractivity contribution >= 4 is 69.3 Å². The number of fused-ring (bicyclic) bond motifs is 1. The van der Waals surface area contributed by atoms with Crippen molar-refractivity contribution in [2.45, 2.75) is 6.92 Å². The average Bonchev–Trinajstić information content (AvgIpc) is 3.08. The average molecular weight is 567 g/mol. The summed E-state index contributed by atoms with van der Waals surface area (Å²) in [5.74, 6) is -1.74. The molecule has 36 heavy (non-hydrogen) atoms. The summed E-state index contributed by atoms with van der Waals surface area (Å²) in [5, 5.41) is 3.48. The molecule has 3 aromatic carbocycles. The lowest BCUT2D eigenvalue weighted by molar-refractivity contribution is -0.138. The number of carbonyl (C=O) groups is 2. The Bertz CT molecular complexity index is 1540. The van der Waals surface area contributed by atoms with Crippen molar-refractivity contribution in [2.24, 2.45) is 13.0 Å². The highest BCUT2D eigenvalue weighted by atomic mass is 35.5. The number of carbonyl (C=O) groups excluding carboxylic acids is 2. The molecule has 11 heteroatoms. The van der Waals surface area contributed by atoms with Gasteiger partial charge in [-0.25, -0.2) is 4.79 Å². The van der Waals surface area contributed by atoms with Crippen molar-refractivity contribution in [1.29, 1.82) is 0 Å². The van der Waals surface area contributed by atoms with Gasteiger partial charge in [-0.15, -0.1) is 0 Å². The van der Waals surface area contributed by atoms with Crippen molar-refractivity contribution in [1.82, 2.24) is 14.5 Å². The van der Waals surface area contributed by atoms with E-state index >= 15 is 0 Å². The number of halogens is 4. The molecule has 186 valence electrons. The molecule has 0 aliphatic carbocycles. The molecule has 0 saturated carbocycles. The van der Waals surface area contributed by atoms with E-state index in [1.165, 1.54) is 21.3 Å². The first kappa shape index (κ1) is 26.1. The molecule has 0 aliphatic heterocycles. The van der Waals surface area contributed by atoms with E-state index in [1.54, 1.807) is 56.4 Å². The molecule has 1 N–H and O–H groups in total. The molecule has 1 atom stereocenters. The third-order valence-corrected chi connectivity index (χ3v) is 6.67. The molecule has 4 aromatic rings. The van der Waals surface area contributed by atoms with Gasteiger partial charge in [0.2, 0.25) is 0 Å². The highest BCUT2D eigenvalue weighted by molar-refractivity contribution is 6.42. The van der Waals surface area contributed by atoms with Crippen molar-refractivity contribution in [2.75, 3.05) is 6.54 Å². The molecule has 0 unspecified atom stereocenters. The number of benzene rings is 3. The highest BCUT2D eigenvalue weighted by Crippen LogP contribution is 2.30. The minimum absolute atomic E-state index is 0.0465. The van der Waals surface area contributed by atoms with Crippen LogP contribution in [-0.4, -0.2) is 27.6 Å². The number of esters is 1. The number of ether oxygens (including phenoxy) is 1. The zero-order valence-electron chi connectivity index (χ0n) is 19.0. The summed E-state index contributed by atoms with van der Waals surface area (Å²) >= 11 is 24.5. The maximum atomic E-state index is 13.1. The minimum atomic E-state index is -0.736. The number of nitrogens with one attached hydrogen (secondary N) is 1. The van der Waals surface area contributed by atoms with Crippen molar-refractivity contribution in [3.05, 3.63) is 90.7 Å². The molecule has 1 heterocycles. The number of nitrogens with zero attached hydrogens (tertiary/aromatic N) is 2. The monoisotopic (exact) mass is 565 g/mol. The predicted molar refractivity (Wildman–Crippen MR) is 142 cm³/mol. The lowest BCUT2D eigenvalue weighted by Crippen LogP contribution is -2.33. The first-order valence-electron chi connectivity index (χ1n) is 10.7. The third-order valence-electron chi connectivity index (χ3n) is 5.55. The minimum Gasteiger partial charge on any atom is -0.424 e. The number of hydrogen-bond donors (Lipinski definition) is 1. The van der Waals surface area contributed by atoms with Crippen molar-refractivity contribution < 1.29 is 14.3 Å². The molecule has 0 fully saturated rings. The van der Waals surface area contributed by atoms with Gasteiger partial charge in [-0.05, 0) is 36.4 Å². The Morgan fingerprint density at radius 3 is 2.33 bits per heavy atom. The number of amides is 1. The van der Waals surface area contributed by atoms with E-state index in [4.69, 9.17) is 51.1 Å². The normalized spacial score (nSPS) is 11.9. The van der Waals surface area contributed by atoms with Gasteiger partial charge in [-0.2, -0.15) is 0 Å². The maximum absolute atomic E-state index is 13.1. The largest absolute Gasteiger partial charge is 0.424 e. The smallest absolute Gasteiger partial charge is 0.333 e. The van der Waals surface area contributed by atoms with Crippen LogP contribution in [0.3, 0.4) is 0 Å². The summed E-state index contributed by atoms with van der Waals surface area (Å²) in [5.41, 5.74) is 1.18. The van der Waals surface area contributed by atoms with Crippen LogP contribution in [0.15, 0.2) is 59.4 Å². The summed E-state index contributed by atoms with van der Waals surface area (Å²) in [6.07, 6.45) is 0. The fourth-order valence-corrected chi connectivity index (χ4v) is 4.92. The Balaban J connectivity index is 1.56. The fourth-order valence-electron chi connectivity index (χ4n) is 3.68. The SMILES string of the molecule is C[C@@H](CNC(=O)c1c(Cl)cc(Cl)cc1Cl)C(=O)Oc1ccccc1-n1c(=O)n(C)c2cccc(Cl)c21. The first-order valence-corrected chi connectivity index (χ1v) is 12.2. The molecule has 0 spiro atoms. The fraction of sp³-hybridized carbons (Fsp3) is 0.160. The van der Waals surface area contributed by atoms with Crippen LogP contribution in [0.4, 0.5) is 0 Å². The van der Waals surface area contributed by atoms with E-state index in [2.05, 4.69) is 5.32 Å². The van der Waals surface area contributed by atoms with E-state index in [-0.39, 0.29) is 33.6 Å². The molecule has 0 radical (unpaired) electrons. The summed E-state index contributed by atoms with van der Waals surface area (Å²) in [6.45, 7) is 1.55. The Kier molecular flexibility index (Phi) is 7.66. The van der Waals surface area contributed by atoms with Gasteiger partial charge in [-0.1, -0.05) is 71.5 Å². The second-order valence-corrected chi connectivity index (χ2v) is 9.69. The second-order valence-electron chi connectivity index (χ2n) is 8.03. The molecule has 0 aliphatic rings. The zero-order valence-corrected chi connectivity index (χ0v) is 22.0. The zero-order chi connectivity index (χ0) is 26.1. The van der Waals surface area contributed by atoms with Gasteiger partial charge in [-0.3, -0.25) is 18.7 Å². The number of imidazole rings is 1. The van der Waals surface area contributed by atoms with Crippen LogP contribution in [0.25, 0.3) is 16.7 Å². The lowest BCUT2D eigenvalue weighted by atomic mass is 10.1. The van der Waals surface area contributed by atoms with Gasteiger partial charge in [0.1, 0.15) is 0 Å². The Hall–Kier alpha value is -2.97. The van der Waals surface area contributed by atoms with Crippen molar-refractivity contribution in [3.63, 3.8) is 0 Å². The van der Waals surface area contributed by atoms with Gasteiger partial charge >= 0.3 is 11.7 Å². The molecular formula is C25H19Cl4N3O4. The lowest BCUT2D eigenvalue weighted by Gasteiger charge is -2.15. The Morgan fingerprint density at radius 1 is 0.972 bits per heavy atom. The van der Waals surface area contributed by atoms with E-state index in [0.29, 0.717) is 26.8 Å². The Morgan fingerprint density at radius 2 is 1.64 bits per heavy atom. The number of aryl methyl sites for hydroxylation is 1. The highest BCUT2D eigenvalue weighted by Gasteiger charge is 2.23. The Labute approximate surface area is 226 Å². The standard InChI is InChI=1S/C25H19Cl4N3O4/c1-13(12-30-23(33)21-16(28)10-14(26)11-17(21)29)24(34)36-20-9-4-3-7-18(20)32-22-15(27)6-5-8-19(22)31(2)25(32)35/h3-11,13H,12H2,1-2H3,(H,30,33)/t13-/m0/s1. The number of rotatable bonds is 6. The molecular weight excluding hydrogens is 548 g/mol. The molecule has 1 amide bonds. The van der Waals surface area contributed by atoms with Crippen LogP contribution < -0.4 is 15.7 Å². The quantitative estimate of drug-likeness (QED) is 0.232. The summed E-state index contributed by atoms with van der Waals surface area (Å²) in [4.78, 5) is 38.5. The molecule has 7 nitrogen and oxygen atoms in total. The first-order chi connectivity index (χ1) is 17.1. The van der Waals surface area contributed by atoms with Crippen LogP contribution >= 0.6 is 46.4 Å². The maximum Gasteiger partial charge on any atom is 0.333 e. The van der Waals surface area contributed by atoms with Crippen LogP contribution in [0.2, 0.25) is 20.1 Å². The molecule has 4 rings (SSSR count). The van der Waals surface area contributed by atoms with Gasteiger partial charge in [0.15, 0.2) is 5.75 Å². The van der Waals surface area contributed by atoms with Crippen LogP contribution in [-0.2, 0) is 11.8 Å². The topological polar surface area (TPSA) is 82.3 Å².